The van der Waals surface area contributed by atoms with Crippen molar-refractivity contribution in [1.82, 2.24) is 10.2 Å². The summed E-state index contributed by atoms with van der Waals surface area (Å²) < 4.78 is 5.14. The standard InChI is InChI=1S/C16H26N2O4/c1-12(11-19)18(9-13(2)20)10-16(21)17-8-14-5-4-6-15(7-14)22-3/h4-7,12-13,19-20H,8-11H2,1-3H3,(H,17,21)/t12-,13+/m1/s1. The molecule has 0 saturated carbocycles. The van der Waals surface area contributed by atoms with E-state index in [1.807, 2.05) is 31.2 Å². The number of nitrogens with zero attached hydrogens (tertiary/aromatic N) is 1. The zero-order chi connectivity index (χ0) is 16.5. The lowest BCUT2D eigenvalue weighted by Crippen LogP contribution is -2.46. The van der Waals surface area contributed by atoms with Gasteiger partial charge in [0.05, 0.1) is 26.4 Å². The average molecular weight is 310 g/mol. The van der Waals surface area contributed by atoms with E-state index in [4.69, 9.17) is 4.74 Å². The number of ether oxygens (including phenoxy) is 1. The van der Waals surface area contributed by atoms with Crippen molar-refractivity contribution in [2.24, 2.45) is 0 Å². The number of aliphatic hydroxyl groups excluding tert-OH is 2. The van der Waals surface area contributed by atoms with Crippen molar-refractivity contribution in [2.45, 2.75) is 32.5 Å². The second kappa shape index (κ2) is 9.40. The van der Waals surface area contributed by atoms with E-state index in [2.05, 4.69) is 5.32 Å². The van der Waals surface area contributed by atoms with Crippen LogP contribution in [0.2, 0.25) is 0 Å². The van der Waals surface area contributed by atoms with Gasteiger partial charge >= 0.3 is 0 Å². The van der Waals surface area contributed by atoms with Crippen molar-refractivity contribution < 1.29 is 19.7 Å². The molecule has 1 amide bonds. The number of rotatable bonds is 9. The summed E-state index contributed by atoms with van der Waals surface area (Å²) in [4.78, 5) is 13.8. The van der Waals surface area contributed by atoms with Crippen molar-refractivity contribution >= 4 is 5.91 Å². The molecule has 0 aliphatic heterocycles. The molecule has 0 aliphatic carbocycles. The van der Waals surface area contributed by atoms with Gasteiger partial charge in [0, 0.05) is 19.1 Å². The topological polar surface area (TPSA) is 82.0 Å². The summed E-state index contributed by atoms with van der Waals surface area (Å²) in [7, 11) is 1.60. The van der Waals surface area contributed by atoms with Crippen molar-refractivity contribution in [3.63, 3.8) is 0 Å². The minimum absolute atomic E-state index is 0.0596. The number of aliphatic hydroxyl groups is 2. The van der Waals surface area contributed by atoms with Crippen LogP contribution >= 0.6 is 0 Å². The van der Waals surface area contributed by atoms with Gasteiger partial charge in [0.25, 0.3) is 0 Å². The van der Waals surface area contributed by atoms with Crippen LogP contribution in [-0.2, 0) is 11.3 Å². The smallest absolute Gasteiger partial charge is 0.234 e. The lowest BCUT2D eigenvalue weighted by atomic mass is 10.2. The van der Waals surface area contributed by atoms with E-state index >= 15 is 0 Å². The maximum absolute atomic E-state index is 12.0. The quantitative estimate of drug-likeness (QED) is 0.614. The number of amides is 1. The third-order valence-electron chi connectivity index (χ3n) is 3.36. The molecule has 0 fully saturated rings. The molecule has 1 aromatic rings. The number of hydrogen-bond acceptors (Lipinski definition) is 5. The van der Waals surface area contributed by atoms with E-state index in [9.17, 15) is 15.0 Å². The van der Waals surface area contributed by atoms with Gasteiger partial charge in [0.2, 0.25) is 5.91 Å². The molecule has 1 rings (SSSR count). The number of methoxy groups -OCH3 is 1. The van der Waals surface area contributed by atoms with Crippen LogP contribution in [0.25, 0.3) is 0 Å². The van der Waals surface area contributed by atoms with Crippen LogP contribution in [0.15, 0.2) is 24.3 Å². The lowest BCUT2D eigenvalue weighted by molar-refractivity contribution is -0.123. The van der Waals surface area contributed by atoms with Gasteiger partial charge in [-0.25, -0.2) is 0 Å². The van der Waals surface area contributed by atoms with Crippen molar-refractivity contribution in [1.29, 1.82) is 0 Å². The Kier molecular flexibility index (Phi) is 7.87. The van der Waals surface area contributed by atoms with E-state index < -0.39 is 6.10 Å². The predicted molar refractivity (Wildman–Crippen MR) is 84.6 cm³/mol. The molecule has 0 aliphatic rings. The van der Waals surface area contributed by atoms with Crippen molar-refractivity contribution in [2.75, 3.05) is 26.8 Å². The molecule has 0 saturated heterocycles. The highest BCUT2D eigenvalue weighted by molar-refractivity contribution is 5.78. The first-order valence-corrected chi connectivity index (χ1v) is 7.38. The van der Waals surface area contributed by atoms with Gasteiger partial charge in [-0.3, -0.25) is 9.69 Å². The third kappa shape index (κ3) is 6.43. The molecule has 0 spiro atoms. The predicted octanol–water partition coefficient (Wildman–Crippen LogP) is 0.375. The number of nitrogens with one attached hydrogen (secondary N) is 1. The van der Waals surface area contributed by atoms with Crippen LogP contribution in [0.3, 0.4) is 0 Å². The molecule has 0 unspecified atom stereocenters. The van der Waals surface area contributed by atoms with Crippen LogP contribution in [-0.4, -0.2) is 60.0 Å². The van der Waals surface area contributed by atoms with Gasteiger partial charge in [-0.05, 0) is 31.5 Å². The maximum Gasteiger partial charge on any atom is 0.234 e. The monoisotopic (exact) mass is 310 g/mol. The molecule has 124 valence electrons. The van der Waals surface area contributed by atoms with E-state index in [0.29, 0.717) is 13.1 Å². The number of hydrogen-bond donors (Lipinski definition) is 3. The van der Waals surface area contributed by atoms with Gasteiger partial charge in [-0.2, -0.15) is 0 Å². The summed E-state index contributed by atoms with van der Waals surface area (Å²) in [6.45, 7) is 4.30. The van der Waals surface area contributed by atoms with Crippen LogP contribution in [0, 0.1) is 0 Å². The van der Waals surface area contributed by atoms with Crippen LogP contribution in [0.5, 0.6) is 5.75 Å². The Morgan fingerprint density at radius 3 is 2.73 bits per heavy atom. The van der Waals surface area contributed by atoms with Crippen LogP contribution in [0.4, 0.5) is 0 Å². The largest absolute Gasteiger partial charge is 0.497 e. The summed E-state index contributed by atoms with van der Waals surface area (Å²) in [5, 5.41) is 21.5. The van der Waals surface area contributed by atoms with Gasteiger partial charge in [-0.15, -0.1) is 0 Å². The molecule has 2 atom stereocenters. The highest BCUT2D eigenvalue weighted by Crippen LogP contribution is 2.12. The lowest BCUT2D eigenvalue weighted by Gasteiger charge is -2.28. The molecule has 0 heterocycles. The summed E-state index contributed by atoms with van der Waals surface area (Å²) >= 11 is 0. The van der Waals surface area contributed by atoms with E-state index in [0.717, 1.165) is 11.3 Å². The third-order valence-corrected chi connectivity index (χ3v) is 3.36. The first-order chi connectivity index (χ1) is 10.5. The van der Waals surface area contributed by atoms with Gasteiger partial charge in [0.15, 0.2) is 0 Å². The zero-order valence-electron chi connectivity index (χ0n) is 13.5. The molecule has 6 nitrogen and oxygen atoms in total. The second-order valence-electron chi connectivity index (χ2n) is 5.44. The van der Waals surface area contributed by atoms with E-state index in [1.54, 1.807) is 18.9 Å². The van der Waals surface area contributed by atoms with E-state index in [1.165, 1.54) is 0 Å². The maximum atomic E-state index is 12.0. The average Bonchev–Trinajstić information content (AvgIpc) is 2.51. The molecule has 6 heteroatoms. The molecule has 0 aromatic heterocycles. The fourth-order valence-corrected chi connectivity index (χ4v) is 2.08. The molecular formula is C16H26N2O4. The number of carbonyl (C=O) groups excluding carboxylic acids is 1. The Balaban J connectivity index is 2.52. The van der Waals surface area contributed by atoms with Crippen LogP contribution < -0.4 is 10.1 Å². The summed E-state index contributed by atoms with van der Waals surface area (Å²) in [6.07, 6.45) is -0.555. The Morgan fingerprint density at radius 1 is 1.41 bits per heavy atom. The van der Waals surface area contributed by atoms with Crippen molar-refractivity contribution in [3.8, 4) is 5.75 Å². The summed E-state index contributed by atoms with van der Waals surface area (Å²) in [5.74, 6) is 0.597. The first-order valence-electron chi connectivity index (χ1n) is 7.38. The van der Waals surface area contributed by atoms with Crippen molar-refractivity contribution in [3.05, 3.63) is 29.8 Å². The Labute approximate surface area is 131 Å². The fraction of sp³-hybridized carbons (Fsp3) is 0.562. The minimum atomic E-state index is -0.555. The molecule has 3 N–H and O–H groups in total. The minimum Gasteiger partial charge on any atom is -0.497 e. The van der Waals surface area contributed by atoms with Gasteiger partial charge in [0.1, 0.15) is 5.75 Å². The number of benzene rings is 1. The Morgan fingerprint density at radius 2 is 2.14 bits per heavy atom. The summed E-state index contributed by atoms with van der Waals surface area (Å²) in [5.41, 5.74) is 0.949. The van der Waals surface area contributed by atoms with Gasteiger partial charge in [-0.1, -0.05) is 12.1 Å². The summed E-state index contributed by atoms with van der Waals surface area (Å²) in [6, 6.07) is 7.31. The molecule has 0 radical (unpaired) electrons. The van der Waals surface area contributed by atoms with E-state index in [-0.39, 0.29) is 25.1 Å². The number of carbonyl (C=O) groups is 1. The molecule has 1 aromatic carbocycles. The zero-order valence-corrected chi connectivity index (χ0v) is 13.5. The highest BCUT2D eigenvalue weighted by atomic mass is 16.5. The molecule has 0 bridgehead atoms. The van der Waals surface area contributed by atoms with Crippen LogP contribution in [0.1, 0.15) is 19.4 Å². The fourth-order valence-electron chi connectivity index (χ4n) is 2.08. The highest BCUT2D eigenvalue weighted by Gasteiger charge is 2.18. The molecular weight excluding hydrogens is 284 g/mol. The second-order valence-corrected chi connectivity index (χ2v) is 5.44. The Bertz CT molecular complexity index is 465. The SMILES string of the molecule is COc1cccc(CNC(=O)CN(C[C@H](C)O)[C@H](C)CO)c1. The normalized spacial score (nSPS) is 13.7. The first kappa shape index (κ1) is 18.4. The molecule has 22 heavy (non-hydrogen) atoms. The Hall–Kier alpha value is -1.63. The van der Waals surface area contributed by atoms with Gasteiger partial charge < -0.3 is 20.3 Å².